The average molecular weight is 505 g/mol. The number of hydrogen-bond acceptors (Lipinski definition) is 6. The summed E-state index contributed by atoms with van der Waals surface area (Å²) in [5.74, 6) is -1.97. The summed E-state index contributed by atoms with van der Waals surface area (Å²) in [5.41, 5.74) is -0.961. The zero-order valence-corrected chi connectivity index (χ0v) is 18.4. The Kier molecular flexibility index (Phi) is 6.40. The number of carbonyl (C=O) groups excluding carboxylic acids is 1. The van der Waals surface area contributed by atoms with Gasteiger partial charge in [0.25, 0.3) is 5.91 Å². The van der Waals surface area contributed by atoms with E-state index < -0.39 is 45.5 Å². The number of nitrogens with one attached hydrogen (secondary N) is 1. The first-order valence-corrected chi connectivity index (χ1v) is 11.8. The van der Waals surface area contributed by atoms with Crippen molar-refractivity contribution in [3.05, 3.63) is 53.0 Å². The minimum absolute atomic E-state index is 0.0135. The van der Waals surface area contributed by atoms with Gasteiger partial charge in [0.2, 0.25) is 0 Å². The van der Waals surface area contributed by atoms with Crippen LogP contribution in [0.3, 0.4) is 0 Å². The van der Waals surface area contributed by atoms with E-state index in [2.05, 4.69) is 4.98 Å². The highest BCUT2D eigenvalue weighted by atomic mass is 32.3. The molecule has 1 saturated carbocycles. The number of amides is 1. The summed E-state index contributed by atoms with van der Waals surface area (Å²) >= 11 is 0. The van der Waals surface area contributed by atoms with Crippen molar-refractivity contribution >= 4 is 22.1 Å². The van der Waals surface area contributed by atoms with Gasteiger partial charge in [0.15, 0.2) is 0 Å². The first-order chi connectivity index (χ1) is 15.9. The molecule has 0 spiro atoms. The maximum atomic E-state index is 14.6. The van der Waals surface area contributed by atoms with Gasteiger partial charge in [-0.15, -0.1) is 0 Å². The lowest BCUT2D eigenvalue weighted by molar-refractivity contribution is -0.137. The number of rotatable bonds is 6. The number of alkyl halides is 3. The van der Waals surface area contributed by atoms with Crippen LogP contribution < -0.4 is 14.4 Å². The van der Waals surface area contributed by atoms with E-state index in [1.165, 1.54) is 12.1 Å². The Morgan fingerprint density at radius 3 is 2.50 bits per heavy atom. The van der Waals surface area contributed by atoms with E-state index in [9.17, 15) is 34.7 Å². The summed E-state index contributed by atoms with van der Waals surface area (Å²) in [4.78, 5) is 17.6. The third-order valence-electron chi connectivity index (χ3n) is 5.65. The quantitative estimate of drug-likeness (QED) is 0.470. The Bertz CT molecular complexity index is 1180. The molecule has 1 saturated heterocycles. The number of piperidine rings is 1. The van der Waals surface area contributed by atoms with Crippen LogP contribution in [0.2, 0.25) is 0 Å². The number of pyridine rings is 1. The summed E-state index contributed by atoms with van der Waals surface area (Å²) in [5, 5.41) is 0. The number of nitrogens with zero attached hydrogens (tertiary/aromatic N) is 2. The normalized spacial score (nSPS) is 19.1. The average Bonchev–Trinajstić information content (AvgIpc) is 3.57. The van der Waals surface area contributed by atoms with Crippen molar-refractivity contribution < 1.29 is 39.4 Å². The summed E-state index contributed by atoms with van der Waals surface area (Å²) in [6.45, 7) is 0.852. The number of halogens is 5. The third kappa shape index (κ3) is 5.75. The van der Waals surface area contributed by atoms with Gasteiger partial charge in [-0.2, -0.15) is 21.6 Å². The second-order valence-corrected chi connectivity index (χ2v) is 9.32. The second kappa shape index (κ2) is 9.01. The molecule has 7 nitrogen and oxygen atoms in total. The van der Waals surface area contributed by atoms with Crippen LogP contribution in [0.25, 0.3) is 0 Å². The lowest BCUT2D eigenvalue weighted by Crippen LogP contribution is -2.41. The Hall–Kier alpha value is -2.96. The molecule has 0 unspecified atom stereocenters. The van der Waals surface area contributed by atoms with E-state index in [0.717, 1.165) is 35.9 Å². The smallest absolute Gasteiger partial charge is 0.417 e. The van der Waals surface area contributed by atoms with Crippen molar-refractivity contribution in [2.45, 2.75) is 43.9 Å². The van der Waals surface area contributed by atoms with E-state index >= 15 is 0 Å². The minimum atomic E-state index is -5.35. The van der Waals surface area contributed by atoms with E-state index in [-0.39, 0.29) is 11.7 Å². The van der Waals surface area contributed by atoms with Gasteiger partial charge >= 0.3 is 16.6 Å². The Morgan fingerprint density at radius 2 is 1.91 bits per heavy atom. The first-order valence-electron chi connectivity index (χ1n) is 10.5. The van der Waals surface area contributed by atoms with E-state index in [4.69, 9.17) is 4.74 Å². The van der Waals surface area contributed by atoms with Crippen molar-refractivity contribution in [3.8, 4) is 5.75 Å². The molecule has 1 aliphatic carbocycles. The number of ether oxygens (including phenoxy) is 1. The highest BCUT2D eigenvalue weighted by Crippen LogP contribution is 2.45. The number of carbonyl (C=O) groups is 1. The van der Waals surface area contributed by atoms with Crippen molar-refractivity contribution in [2.24, 2.45) is 0 Å². The Labute approximate surface area is 192 Å². The first kappa shape index (κ1) is 24.2. The van der Waals surface area contributed by atoms with Gasteiger partial charge in [-0.25, -0.2) is 14.1 Å². The molecule has 1 N–H and O–H groups in total. The molecule has 2 aliphatic rings. The predicted octanol–water partition coefficient (Wildman–Crippen LogP) is 4.11. The minimum Gasteiger partial charge on any atom is -0.488 e. The Balaban J connectivity index is 1.51. The fourth-order valence-electron chi connectivity index (χ4n) is 3.89. The molecule has 1 aromatic heterocycles. The van der Waals surface area contributed by atoms with Crippen molar-refractivity contribution in [1.82, 2.24) is 9.71 Å². The van der Waals surface area contributed by atoms with Crippen molar-refractivity contribution in [1.29, 1.82) is 0 Å². The molecular formula is C21H20F5N3O4S. The molecular weight excluding hydrogens is 485 g/mol. The second-order valence-electron chi connectivity index (χ2n) is 8.24. The Morgan fingerprint density at radius 1 is 1.18 bits per heavy atom. The van der Waals surface area contributed by atoms with Crippen LogP contribution in [0.15, 0.2) is 30.5 Å². The van der Waals surface area contributed by atoms with E-state index in [1.807, 2.05) is 0 Å². The number of anilines is 1. The fraction of sp³-hybridized carbons (Fsp3) is 0.429. The molecule has 1 atom stereocenters. The van der Waals surface area contributed by atoms with Crippen LogP contribution in [0.4, 0.5) is 27.3 Å². The third-order valence-corrected chi connectivity index (χ3v) is 6.08. The van der Waals surface area contributed by atoms with Crippen molar-refractivity contribution in [2.75, 3.05) is 18.0 Å². The van der Waals surface area contributed by atoms with Gasteiger partial charge in [0.05, 0.1) is 17.7 Å². The van der Waals surface area contributed by atoms with Crippen LogP contribution in [-0.4, -0.2) is 38.5 Å². The standard InChI is InChI=1S/C21H20F5N3O4S/c22-17-9-18(15(12-3-4-12)8-16(17)20(30)28-34(26,31)32)33-14-2-1-7-29(11-14)19-6-5-13(10-27-19)21(23,24)25/h5-6,8-10,12,14H,1-4,7,11H2,(H,28,30)/t14-/m1/s1. The van der Waals surface area contributed by atoms with Gasteiger partial charge < -0.3 is 9.64 Å². The van der Waals surface area contributed by atoms with Crippen LogP contribution in [0.1, 0.15) is 53.1 Å². The zero-order chi connectivity index (χ0) is 24.7. The molecule has 1 amide bonds. The van der Waals surface area contributed by atoms with Crippen LogP contribution in [-0.2, 0) is 16.6 Å². The molecule has 34 heavy (non-hydrogen) atoms. The van der Waals surface area contributed by atoms with E-state index in [0.29, 0.717) is 37.3 Å². The monoisotopic (exact) mass is 505 g/mol. The molecule has 1 aromatic carbocycles. The maximum Gasteiger partial charge on any atom is 0.417 e. The molecule has 0 radical (unpaired) electrons. The molecule has 2 heterocycles. The number of benzene rings is 1. The largest absolute Gasteiger partial charge is 0.488 e. The molecule has 13 heteroatoms. The molecule has 2 fully saturated rings. The fourth-order valence-corrected chi connectivity index (χ4v) is 4.22. The lowest BCUT2D eigenvalue weighted by Gasteiger charge is -2.34. The molecule has 4 rings (SSSR count). The van der Waals surface area contributed by atoms with Crippen molar-refractivity contribution in [3.63, 3.8) is 0 Å². The van der Waals surface area contributed by atoms with Gasteiger partial charge in [-0.05, 0) is 55.4 Å². The van der Waals surface area contributed by atoms with Crippen LogP contribution in [0, 0.1) is 5.82 Å². The number of aromatic nitrogens is 1. The molecule has 184 valence electrons. The highest BCUT2D eigenvalue weighted by molar-refractivity contribution is 7.85. The summed E-state index contributed by atoms with van der Waals surface area (Å²) in [7, 11) is -5.35. The topological polar surface area (TPSA) is 88.6 Å². The summed E-state index contributed by atoms with van der Waals surface area (Å²) in [6.07, 6.45) is -1.37. The molecule has 2 aromatic rings. The lowest BCUT2D eigenvalue weighted by atomic mass is 10.0. The summed E-state index contributed by atoms with van der Waals surface area (Å²) < 4.78 is 94.3. The summed E-state index contributed by atoms with van der Waals surface area (Å²) in [6, 6.07) is 4.38. The van der Waals surface area contributed by atoms with Gasteiger partial charge in [-0.1, -0.05) is 3.89 Å². The SMILES string of the molecule is O=C(NS(=O)(=O)F)c1cc(C2CC2)c(O[C@@H]2CCCN(c3ccc(C(F)(F)F)cn3)C2)cc1F. The maximum absolute atomic E-state index is 14.6. The molecule has 1 aliphatic heterocycles. The highest BCUT2D eigenvalue weighted by Gasteiger charge is 2.33. The molecule has 0 bridgehead atoms. The van der Waals surface area contributed by atoms with Crippen LogP contribution >= 0.6 is 0 Å². The number of hydrogen-bond donors (Lipinski definition) is 1. The predicted molar refractivity (Wildman–Crippen MR) is 111 cm³/mol. The van der Waals surface area contributed by atoms with Gasteiger partial charge in [0.1, 0.15) is 23.5 Å². The zero-order valence-electron chi connectivity index (χ0n) is 17.6. The van der Waals surface area contributed by atoms with E-state index in [1.54, 1.807) is 4.90 Å². The van der Waals surface area contributed by atoms with Gasteiger partial charge in [0, 0.05) is 18.8 Å². The van der Waals surface area contributed by atoms with Crippen LogP contribution in [0.5, 0.6) is 5.75 Å². The van der Waals surface area contributed by atoms with Gasteiger partial charge in [-0.3, -0.25) is 4.79 Å².